The fraction of sp³-hybridized carbons (Fsp3) is 1.00. The molecule has 1 aliphatic rings. The lowest BCUT2D eigenvalue weighted by molar-refractivity contribution is 0.0116. The molecule has 0 aromatic heterocycles. The molecule has 9 heavy (non-hydrogen) atoms. The zero-order chi connectivity index (χ0) is 6.69. The van der Waals surface area contributed by atoms with Gasteiger partial charge in [-0.2, -0.15) is 0 Å². The zero-order valence-corrected chi connectivity index (χ0v) is 6.80. The number of aliphatic hydroxyl groups excluding tert-OH is 1. The van der Waals surface area contributed by atoms with E-state index in [2.05, 4.69) is 15.9 Å². The third-order valence-corrected chi connectivity index (χ3v) is 2.22. The fourth-order valence-electron chi connectivity index (χ4n) is 1.01. The Balaban J connectivity index is 2.24. The molecule has 2 unspecified atom stereocenters. The van der Waals surface area contributed by atoms with Gasteiger partial charge >= 0.3 is 0 Å². The monoisotopic (exact) mass is 194 g/mol. The summed E-state index contributed by atoms with van der Waals surface area (Å²) >= 11 is 3.19. The van der Waals surface area contributed by atoms with E-state index in [4.69, 9.17) is 4.74 Å². The Morgan fingerprint density at radius 1 is 1.78 bits per heavy atom. The van der Waals surface area contributed by atoms with Crippen molar-refractivity contribution in [2.75, 3.05) is 11.9 Å². The number of hydrogen-bond donors (Lipinski definition) is 1. The molecular weight excluding hydrogens is 184 g/mol. The molecule has 0 aliphatic carbocycles. The summed E-state index contributed by atoms with van der Waals surface area (Å²) in [4.78, 5) is 0. The molecule has 54 valence electrons. The minimum Gasteiger partial charge on any atom is -0.390 e. The van der Waals surface area contributed by atoms with Crippen molar-refractivity contribution in [2.45, 2.75) is 25.0 Å². The molecule has 3 heteroatoms. The number of hydrogen-bond acceptors (Lipinski definition) is 2. The minimum atomic E-state index is -0.313. The Bertz CT molecular complexity index is 81.1. The maximum Gasteiger partial charge on any atom is 0.0898 e. The predicted molar refractivity (Wildman–Crippen MR) is 38.8 cm³/mol. The summed E-state index contributed by atoms with van der Waals surface area (Å²) in [5.74, 6) is 0. The second kappa shape index (κ2) is 3.54. The fourth-order valence-corrected chi connectivity index (χ4v) is 1.42. The van der Waals surface area contributed by atoms with Crippen LogP contribution in [0.15, 0.2) is 0 Å². The first kappa shape index (κ1) is 7.51. The molecule has 1 N–H and O–H groups in total. The summed E-state index contributed by atoms with van der Waals surface area (Å²) in [6.07, 6.45) is 1.87. The van der Waals surface area contributed by atoms with Crippen LogP contribution in [0.3, 0.4) is 0 Å². The Morgan fingerprint density at radius 3 is 3.00 bits per heavy atom. The van der Waals surface area contributed by atoms with Crippen LogP contribution in [0.5, 0.6) is 0 Å². The van der Waals surface area contributed by atoms with Gasteiger partial charge in [0.2, 0.25) is 0 Å². The molecule has 1 aliphatic heterocycles. The van der Waals surface area contributed by atoms with Gasteiger partial charge in [-0.25, -0.2) is 0 Å². The van der Waals surface area contributed by atoms with Gasteiger partial charge in [-0.1, -0.05) is 15.9 Å². The van der Waals surface area contributed by atoms with E-state index < -0.39 is 0 Å². The molecule has 1 saturated heterocycles. The number of ether oxygens (including phenoxy) is 1. The second-order valence-corrected chi connectivity index (χ2v) is 2.92. The van der Waals surface area contributed by atoms with Crippen LogP contribution in [-0.2, 0) is 4.74 Å². The Hall–Kier alpha value is 0.400. The van der Waals surface area contributed by atoms with E-state index in [1.807, 2.05) is 0 Å². The molecule has 0 radical (unpaired) electrons. The molecule has 2 nitrogen and oxygen atoms in total. The van der Waals surface area contributed by atoms with Crippen molar-refractivity contribution in [3.8, 4) is 0 Å². The summed E-state index contributed by atoms with van der Waals surface area (Å²) in [6.45, 7) is 0.814. The molecule has 0 aromatic carbocycles. The number of alkyl halides is 1. The highest BCUT2D eigenvalue weighted by atomic mass is 79.9. The molecule has 0 aromatic rings. The SMILES string of the molecule is OC(CBr)C1CCCO1. The number of halogens is 1. The summed E-state index contributed by atoms with van der Waals surface area (Å²) in [5, 5.41) is 9.81. The van der Waals surface area contributed by atoms with Gasteiger partial charge in [-0.05, 0) is 12.8 Å². The van der Waals surface area contributed by atoms with Crippen molar-refractivity contribution in [2.24, 2.45) is 0 Å². The van der Waals surface area contributed by atoms with Gasteiger partial charge in [-0.15, -0.1) is 0 Å². The molecule has 1 heterocycles. The molecule has 1 rings (SSSR count). The predicted octanol–water partition coefficient (Wildman–Crippen LogP) is 0.921. The lowest BCUT2D eigenvalue weighted by Gasteiger charge is -2.13. The molecule has 0 spiro atoms. The van der Waals surface area contributed by atoms with Crippen LogP contribution in [0.25, 0.3) is 0 Å². The van der Waals surface area contributed by atoms with Crippen LogP contribution in [0, 0.1) is 0 Å². The van der Waals surface area contributed by atoms with Crippen LogP contribution >= 0.6 is 15.9 Å². The first-order valence-electron chi connectivity index (χ1n) is 3.20. The first-order valence-corrected chi connectivity index (χ1v) is 4.32. The molecule has 2 atom stereocenters. The normalized spacial score (nSPS) is 30.7. The number of aliphatic hydroxyl groups is 1. The van der Waals surface area contributed by atoms with Gasteiger partial charge in [0.1, 0.15) is 0 Å². The van der Waals surface area contributed by atoms with Gasteiger partial charge in [-0.3, -0.25) is 0 Å². The van der Waals surface area contributed by atoms with Crippen molar-refractivity contribution in [1.29, 1.82) is 0 Å². The molecular formula is C6H11BrO2. The largest absolute Gasteiger partial charge is 0.390 e. The third-order valence-electron chi connectivity index (χ3n) is 1.55. The van der Waals surface area contributed by atoms with Crippen LogP contribution in [0.1, 0.15) is 12.8 Å². The van der Waals surface area contributed by atoms with Gasteiger partial charge in [0, 0.05) is 11.9 Å². The lowest BCUT2D eigenvalue weighted by Crippen LogP contribution is -2.26. The summed E-state index contributed by atoms with van der Waals surface area (Å²) in [7, 11) is 0. The smallest absolute Gasteiger partial charge is 0.0898 e. The quantitative estimate of drug-likeness (QED) is 0.664. The molecule has 0 amide bonds. The second-order valence-electron chi connectivity index (χ2n) is 2.27. The standard InChI is InChI=1S/C6H11BrO2/c7-4-5(8)6-2-1-3-9-6/h5-6,8H,1-4H2. The molecule has 0 bridgehead atoms. The lowest BCUT2D eigenvalue weighted by atomic mass is 10.2. The first-order chi connectivity index (χ1) is 4.34. The van der Waals surface area contributed by atoms with E-state index in [1.54, 1.807) is 0 Å². The Labute approximate surface area is 63.3 Å². The van der Waals surface area contributed by atoms with Crippen molar-refractivity contribution in [1.82, 2.24) is 0 Å². The van der Waals surface area contributed by atoms with Gasteiger partial charge in [0.05, 0.1) is 12.2 Å². The Morgan fingerprint density at radius 2 is 2.56 bits per heavy atom. The van der Waals surface area contributed by atoms with Crippen molar-refractivity contribution in [3.05, 3.63) is 0 Å². The van der Waals surface area contributed by atoms with E-state index in [0.29, 0.717) is 5.33 Å². The van der Waals surface area contributed by atoms with Gasteiger partial charge < -0.3 is 9.84 Å². The highest BCUT2D eigenvalue weighted by Crippen LogP contribution is 2.16. The third kappa shape index (κ3) is 1.92. The van der Waals surface area contributed by atoms with Crippen LogP contribution < -0.4 is 0 Å². The maximum atomic E-state index is 9.19. The maximum absolute atomic E-state index is 9.19. The highest BCUT2D eigenvalue weighted by Gasteiger charge is 2.22. The summed E-state index contributed by atoms with van der Waals surface area (Å²) in [6, 6.07) is 0. The van der Waals surface area contributed by atoms with Crippen LogP contribution in [0.4, 0.5) is 0 Å². The van der Waals surface area contributed by atoms with Crippen LogP contribution in [-0.4, -0.2) is 29.3 Å². The minimum absolute atomic E-state index is 0.0874. The van der Waals surface area contributed by atoms with Crippen molar-refractivity contribution < 1.29 is 9.84 Å². The van der Waals surface area contributed by atoms with Crippen molar-refractivity contribution in [3.63, 3.8) is 0 Å². The molecule has 1 fully saturated rings. The van der Waals surface area contributed by atoms with Crippen molar-refractivity contribution >= 4 is 15.9 Å². The average Bonchev–Trinajstić information content (AvgIpc) is 2.37. The van der Waals surface area contributed by atoms with E-state index in [1.165, 1.54) is 0 Å². The average molecular weight is 195 g/mol. The summed E-state index contributed by atoms with van der Waals surface area (Å²) < 4.78 is 5.23. The van der Waals surface area contributed by atoms with Gasteiger partial charge in [0.15, 0.2) is 0 Å². The van der Waals surface area contributed by atoms with E-state index in [0.717, 1.165) is 19.4 Å². The van der Waals surface area contributed by atoms with E-state index in [-0.39, 0.29) is 12.2 Å². The highest BCUT2D eigenvalue weighted by molar-refractivity contribution is 9.09. The number of rotatable bonds is 2. The zero-order valence-electron chi connectivity index (χ0n) is 5.22. The van der Waals surface area contributed by atoms with Gasteiger partial charge in [0.25, 0.3) is 0 Å². The Kier molecular flexibility index (Phi) is 2.95. The topological polar surface area (TPSA) is 29.5 Å². The molecule has 0 saturated carbocycles. The van der Waals surface area contributed by atoms with E-state index in [9.17, 15) is 5.11 Å². The van der Waals surface area contributed by atoms with E-state index >= 15 is 0 Å². The summed E-state index contributed by atoms with van der Waals surface area (Å²) in [5.41, 5.74) is 0. The van der Waals surface area contributed by atoms with Crippen LogP contribution in [0.2, 0.25) is 0 Å².